The number of thiazole rings is 1. The van der Waals surface area contributed by atoms with Crippen molar-refractivity contribution in [1.29, 1.82) is 0 Å². The fraction of sp³-hybridized carbons (Fsp3) is 0.167. The Hall–Kier alpha value is -3.30. The lowest BCUT2D eigenvalue weighted by atomic mass is 10.2. The standard InChI is InChI=1S/C24H21FN4O2S2/c1-15-23(33-24(27-15)16-7-9-18(25)10-8-16)19-11-12-22(29-28-19)32-14-21(30)26-13-17-5-3-4-6-20(17)31-2/h3-12H,13-14H2,1-2H3,(H,26,30). The van der Waals surface area contributed by atoms with Gasteiger partial charge in [-0.05, 0) is 49.4 Å². The number of ether oxygens (including phenoxy) is 1. The Balaban J connectivity index is 1.35. The zero-order valence-electron chi connectivity index (χ0n) is 18.0. The average molecular weight is 481 g/mol. The van der Waals surface area contributed by atoms with Crippen molar-refractivity contribution in [2.75, 3.05) is 12.9 Å². The van der Waals surface area contributed by atoms with Crippen LogP contribution in [0.15, 0.2) is 65.7 Å². The van der Waals surface area contributed by atoms with Gasteiger partial charge >= 0.3 is 0 Å². The molecule has 9 heteroatoms. The van der Waals surface area contributed by atoms with Gasteiger partial charge in [0.2, 0.25) is 5.91 Å². The van der Waals surface area contributed by atoms with Crippen LogP contribution >= 0.6 is 23.1 Å². The van der Waals surface area contributed by atoms with Gasteiger partial charge in [-0.2, -0.15) is 0 Å². The zero-order chi connectivity index (χ0) is 23.2. The molecule has 0 bridgehead atoms. The van der Waals surface area contributed by atoms with Crippen LogP contribution in [-0.4, -0.2) is 34.0 Å². The molecule has 6 nitrogen and oxygen atoms in total. The lowest BCUT2D eigenvalue weighted by molar-refractivity contribution is -0.118. The van der Waals surface area contributed by atoms with Crippen LogP contribution in [0.25, 0.3) is 21.1 Å². The Kier molecular flexibility index (Phi) is 7.31. The van der Waals surface area contributed by atoms with Gasteiger partial charge in [-0.15, -0.1) is 21.5 Å². The van der Waals surface area contributed by atoms with Crippen LogP contribution in [0.5, 0.6) is 5.75 Å². The van der Waals surface area contributed by atoms with Crippen LogP contribution in [0.1, 0.15) is 11.3 Å². The molecule has 0 unspecified atom stereocenters. The van der Waals surface area contributed by atoms with Gasteiger partial charge in [0.05, 0.1) is 23.4 Å². The van der Waals surface area contributed by atoms with Crippen molar-refractivity contribution in [3.8, 4) is 26.9 Å². The third-order valence-corrected chi connectivity index (χ3v) is 6.93. The van der Waals surface area contributed by atoms with Gasteiger partial charge in [0.15, 0.2) is 0 Å². The van der Waals surface area contributed by atoms with Crippen molar-refractivity contribution in [1.82, 2.24) is 20.5 Å². The fourth-order valence-corrected chi connectivity index (χ4v) is 4.78. The number of nitrogens with zero attached hydrogens (tertiary/aromatic N) is 3. The topological polar surface area (TPSA) is 77.0 Å². The van der Waals surface area contributed by atoms with Gasteiger partial charge in [0, 0.05) is 17.7 Å². The smallest absolute Gasteiger partial charge is 0.230 e. The minimum Gasteiger partial charge on any atom is -0.496 e. The average Bonchev–Trinajstić information content (AvgIpc) is 3.23. The number of rotatable bonds is 8. The maximum absolute atomic E-state index is 13.2. The molecular formula is C24H21FN4O2S2. The number of nitrogens with one attached hydrogen (secondary N) is 1. The molecule has 1 N–H and O–H groups in total. The number of carbonyl (C=O) groups excluding carboxylic acids is 1. The Bertz CT molecular complexity index is 1240. The molecule has 4 rings (SSSR count). The number of aryl methyl sites for hydroxylation is 1. The number of methoxy groups -OCH3 is 1. The Morgan fingerprint density at radius 2 is 1.88 bits per heavy atom. The van der Waals surface area contributed by atoms with Crippen LogP contribution < -0.4 is 10.1 Å². The molecule has 4 aromatic rings. The molecule has 2 heterocycles. The molecule has 0 fully saturated rings. The molecule has 0 saturated heterocycles. The predicted molar refractivity (Wildman–Crippen MR) is 129 cm³/mol. The number of benzene rings is 2. The lowest BCUT2D eigenvalue weighted by Crippen LogP contribution is -2.24. The highest BCUT2D eigenvalue weighted by Crippen LogP contribution is 2.34. The molecule has 2 aromatic carbocycles. The van der Waals surface area contributed by atoms with Crippen molar-refractivity contribution in [2.24, 2.45) is 0 Å². The predicted octanol–water partition coefficient (Wildman–Crippen LogP) is 5.13. The monoisotopic (exact) mass is 480 g/mol. The summed E-state index contributed by atoms with van der Waals surface area (Å²) in [7, 11) is 1.61. The number of thioether (sulfide) groups is 1. The quantitative estimate of drug-likeness (QED) is 0.352. The minimum atomic E-state index is -0.278. The molecule has 2 aromatic heterocycles. The van der Waals surface area contributed by atoms with E-state index < -0.39 is 0 Å². The zero-order valence-corrected chi connectivity index (χ0v) is 19.7. The highest BCUT2D eigenvalue weighted by molar-refractivity contribution is 7.99. The van der Waals surface area contributed by atoms with Crippen LogP contribution in [0, 0.1) is 12.7 Å². The molecule has 0 atom stereocenters. The first kappa shape index (κ1) is 22.9. The van der Waals surface area contributed by atoms with E-state index in [-0.39, 0.29) is 17.5 Å². The van der Waals surface area contributed by atoms with E-state index in [9.17, 15) is 9.18 Å². The van der Waals surface area contributed by atoms with Crippen LogP contribution in [0.3, 0.4) is 0 Å². The first-order chi connectivity index (χ1) is 16.0. The number of amides is 1. The van der Waals surface area contributed by atoms with Crippen molar-refractivity contribution in [2.45, 2.75) is 18.5 Å². The van der Waals surface area contributed by atoms with Crippen molar-refractivity contribution < 1.29 is 13.9 Å². The number of carbonyl (C=O) groups is 1. The Morgan fingerprint density at radius 1 is 1.09 bits per heavy atom. The van der Waals surface area contributed by atoms with E-state index in [0.717, 1.165) is 32.5 Å². The SMILES string of the molecule is COc1ccccc1CNC(=O)CSc1ccc(-c2sc(-c3ccc(F)cc3)nc2C)nn1. The molecule has 1 amide bonds. The number of aromatic nitrogens is 3. The van der Waals surface area contributed by atoms with Crippen LogP contribution in [0.2, 0.25) is 0 Å². The summed E-state index contributed by atoms with van der Waals surface area (Å²) in [6.07, 6.45) is 0. The molecule has 0 saturated carbocycles. The maximum Gasteiger partial charge on any atom is 0.230 e. The Morgan fingerprint density at radius 3 is 2.61 bits per heavy atom. The summed E-state index contributed by atoms with van der Waals surface area (Å²) in [5, 5.41) is 12.9. The molecule has 0 aliphatic heterocycles. The van der Waals surface area contributed by atoms with E-state index in [4.69, 9.17) is 4.74 Å². The van der Waals surface area contributed by atoms with Gasteiger partial charge in [-0.1, -0.05) is 30.0 Å². The van der Waals surface area contributed by atoms with E-state index in [2.05, 4.69) is 20.5 Å². The third-order valence-electron chi connectivity index (χ3n) is 4.78. The normalized spacial score (nSPS) is 10.8. The van der Waals surface area contributed by atoms with Gasteiger partial charge < -0.3 is 10.1 Å². The third kappa shape index (κ3) is 5.74. The molecular weight excluding hydrogens is 459 g/mol. The van der Waals surface area contributed by atoms with Crippen molar-refractivity contribution >= 4 is 29.0 Å². The molecule has 0 spiro atoms. The summed E-state index contributed by atoms with van der Waals surface area (Å²) >= 11 is 2.81. The lowest BCUT2D eigenvalue weighted by Gasteiger charge is -2.09. The van der Waals surface area contributed by atoms with Gasteiger partial charge in [0.1, 0.15) is 27.3 Å². The van der Waals surface area contributed by atoms with Crippen LogP contribution in [-0.2, 0) is 11.3 Å². The molecule has 0 aliphatic rings. The van der Waals surface area contributed by atoms with E-state index in [1.165, 1.54) is 35.2 Å². The number of hydrogen-bond acceptors (Lipinski definition) is 7. The second-order valence-electron chi connectivity index (χ2n) is 7.07. The van der Waals surface area contributed by atoms with E-state index in [0.29, 0.717) is 17.3 Å². The fourth-order valence-electron chi connectivity index (χ4n) is 3.10. The summed E-state index contributed by atoms with van der Waals surface area (Å²) in [6.45, 7) is 2.31. The second kappa shape index (κ2) is 10.5. The van der Waals surface area contributed by atoms with Crippen LogP contribution in [0.4, 0.5) is 4.39 Å². The van der Waals surface area contributed by atoms with E-state index >= 15 is 0 Å². The molecule has 0 aliphatic carbocycles. The largest absolute Gasteiger partial charge is 0.496 e. The number of hydrogen-bond donors (Lipinski definition) is 1. The summed E-state index contributed by atoms with van der Waals surface area (Å²) in [4.78, 5) is 17.7. The molecule has 0 radical (unpaired) electrons. The first-order valence-electron chi connectivity index (χ1n) is 10.1. The summed E-state index contributed by atoms with van der Waals surface area (Å²) in [5.41, 5.74) is 3.32. The second-order valence-corrected chi connectivity index (χ2v) is 9.07. The summed E-state index contributed by atoms with van der Waals surface area (Å²) in [6, 6.07) is 17.6. The van der Waals surface area contributed by atoms with E-state index in [1.54, 1.807) is 19.2 Å². The summed E-state index contributed by atoms with van der Waals surface area (Å²) in [5.74, 6) is 0.601. The summed E-state index contributed by atoms with van der Waals surface area (Å²) < 4.78 is 18.5. The molecule has 33 heavy (non-hydrogen) atoms. The van der Waals surface area contributed by atoms with Crippen molar-refractivity contribution in [3.63, 3.8) is 0 Å². The number of halogens is 1. The highest BCUT2D eigenvalue weighted by atomic mass is 32.2. The minimum absolute atomic E-state index is 0.0981. The van der Waals surface area contributed by atoms with E-state index in [1.807, 2.05) is 43.3 Å². The Labute approximate surface area is 199 Å². The van der Waals surface area contributed by atoms with Crippen molar-refractivity contribution in [3.05, 3.63) is 77.7 Å². The van der Waals surface area contributed by atoms with Gasteiger partial charge in [-0.25, -0.2) is 9.37 Å². The number of para-hydroxylation sites is 1. The first-order valence-corrected chi connectivity index (χ1v) is 11.9. The maximum atomic E-state index is 13.2. The van der Waals surface area contributed by atoms with Gasteiger partial charge in [0.25, 0.3) is 0 Å². The highest BCUT2D eigenvalue weighted by Gasteiger charge is 2.14. The van der Waals surface area contributed by atoms with Gasteiger partial charge in [-0.3, -0.25) is 4.79 Å². The molecule has 168 valence electrons.